The number of methoxy groups -OCH3 is 3. The second-order valence-corrected chi connectivity index (χ2v) is 6.86. The summed E-state index contributed by atoms with van der Waals surface area (Å²) in [4.78, 5) is 0. The summed E-state index contributed by atoms with van der Waals surface area (Å²) in [7, 11) is 4.93. The van der Waals surface area contributed by atoms with Crippen LogP contribution in [0.15, 0.2) is 24.3 Å². The van der Waals surface area contributed by atoms with Gasteiger partial charge in [-0.2, -0.15) is 0 Å². The zero-order valence-electron chi connectivity index (χ0n) is 13.6. The molecule has 2 aromatic rings. The predicted molar refractivity (Wildman–Crippen MR) is 96.9 cm³/mol. The molecule has 126 valence electrons. The molecule has 24 heavy (non-hydrogen) atoms. The van der Waals surface area contributed by atoms with Crippen LogP contribution in [-0.4, -0.2) is 27.9 Å². The van der Waals surface area contributed by atoms with E-state index in [1.807, 2.05) is 18.2 Å². The molecular formula is C18H17IO5. The summed E-state index contributed by atoms with van der Waals surface area (Å²) in [6.07, 6.45) is -0.156. The zero-order valence-corrected chi connectivity index (χ0v) is 15.7. The van der Waals surface area contributed by atoms with E-state index in [0.717, 1.165) is 31.9 Å². The Morgan fingerprint density at radius 2 is 1.79 bits per heavy atom. The van der Waals surface area contributed by atoms with E-state index in [-0.39, 0.29) is 12.0 Å². The Hall–Kier alpha value is -1.83. The van der Waals surface area contributed by atoms with E-state index in [0.29, 0.717) is 18.1 Å². The first-order valence-electron chi connectivity index (χ1n) is 7.59. The van der Waals surface area contributed by atoms with Gasteiger partial charge in [0.05, 0.1) is 43.0 Å². The maximum Gasteiger partial charge on any atom is 0.171 e. The maximum atomic E-state index is 6.28. The van der Waals surface area contributed by atoms with Crippen molar-refractivity contribution in [1.82, 2.24) is 0 Å². The van der Waals surface area contributed by atoms with Crippen LogP contribution in [0.3, 0.4) is 0 Å². The molecule has 2 atom stereocenters. The van der Waals surface area contributed by atoms with Gasteiger partial charge >= 0.3 is 0 Å². The lowest BCUT2D eigenvalue weighted by molar-refractivity contribution is 0.134. The van der Waals surface area contributed by atoms with Crippen LogP contribution < -0.4 is 23.7 Å². The minimum atomic E-state index is -0.156. The molecule has 0 unspecified atom stereocenters. The molecule has 2 aromatic carbocycles. The number of fused-ring (bicyclic) bond motifs is 5. The van der Waals surface area contributed by atoms with Crippen LogP contribution in [0.4, 0.5) is 0 Å². The van der Waals surface area contributed by atoms with Crippen molar-refractivity contribution in [2.75, 3.05) is 27.9 Å². The first-order valence-corrected chi connectivity index (χ1v) is 8.67. The molecule has 0 aliphatic carbocycles. The maximum absolute atomic E-state index is 6.28. The largest absolute Gasteiger partial charge is 0.496 e. The molecule has 2 aliphatic heterocycles. The monoisotopic (exact) mass is 440 g/mol. The minimum Gasteiger partial charge on any atom is -0.496 e. The molecule has 0 spiro atoms. The molecule has 0 radical (unpaired) electrons. The fourth-order valence-electron chi connectivity index (χ4n) is 3.43. The van der Waals surface area contributed by atoms with Crippen LogP contribution in [0, 0.1) is 3.57 Å². The lowest BCUT2D eigenvalue weighted by Gasteiger charge is -2.29. The number of halogens is 1. The summed E-state index contributed by atoms with van der Waals surface area (Å²) in [6, 6.07) is 7.82. The van der Waals surface area contributed by atoms with Crippen LogP contribution in [-0.2, 0) is 0 Å². The third-order valence-corrected chi connectivity index (χ3v) is 5.39. The van der Waals surface area contributed by atoms with Gasteiger partial charge in [-0.25, -0.2) is 0 Å². The zero-order chi connectivity index (χ0) is 16.8. The number of rotatable bonds is 3. The van der Waals surface area contributed by atoms with Gasteiger partial charge in [0.1, 0.15) is 23.4 Å². The molecule has 0 saturated carbocycles. The number of hydrogen-bond acceptors (Lipinski definition) is 5. The standard InChI is InChI=1S/C18H17IO5/c1-20-13-5-4-12-16(18(13)22-3)17-10(8-23-12)9-6-11(19)15(21-2)7-14(9)24-17/h4-7,10,17H,8H2,1-3H3/t10-,17+/m1/s1. The average Bonchev–Trinajstić information content (AvgIpc) is 2.97. The summed E-state index contributed by atoms with van der Waals surface area (Å²) in [5.41, 5.74) is 2.04. The third-order valence-electron chi connectivity index (χ3n) is 4.55. The molecular weight excluding hydrogens is 423 g/mol. The van der Waals surface area contributed by atoms with Crippen molar-refractivity contribution in [2.45, 2.75) is 12.0 Å². The van der Waals surface area contributed by atoms with E-state index in [1.54, 1.807) is 21.3 Å². The van der Waals surface area contributed by atoms with Gasteiger partial charge in [-0.15, -0.1) is 0 Å². The molecule has 4 rings (SSSR count). The highest BCUT2D eigenvalue weighted by Gasteiger charge is 2.43. The molecule has 2 heterocycles. The predicted octanol–water partition coefficient (Wildman–Crippen LogP) is 3.93. The van der Waals surface area contributed by atoms with E-state index in [9.17, 15) is 0 Å². The van der Waals surface area contributed by atoms with Gasteiger partial charge in [0.25, 0.3) is 0 Å². The summed E-state index contributed by atoms with van der Waals surface area (Å²) >= 11 is 2.28. The van der Waals surface area contributed by atoms with E-state index in [4.69, 9.17) is 23.7 Å². The van der Waals surface area contributed by atoms with Gasteiger partial charge in [-0.3, -0.25) is 0 Å². The average molecular weight is 440 g/mol. The SMILES string of the molecule is COc1cc2c(cc1I)[C@H]1COc3ccc(OC)c(OC)c3[C@H]1O2. The van der Waals surface area contributed by atoms with Gasteiger partial charge in [0.15, 0.2) is 11.5 Å². The topological polar surface area (TPSA) is 46.2 Å². The van der Waals surface area contributed by atoms with Crippen LogP contribution in [0.25, 0.3) is 0 Å². The number of hydrogen-bond donors (Lipinski definition) is 0. The summed E-state index contributed by atoms with van der Waals surface area (Å²) < 4.78 is 29.8. The fourth-order valence-corrected chi connectivity index (χ4v) is 4.14. The second-order valence-electron chi connectivity index (χ2n) is 5.69. The van der Waals surface area contributed by atoms with Crippen LogP contribution in [0.5, 0.6) is 28.7 Å². The van der Waals surface area contributed by atoms with Crippen molar-refractivity contribution in [2.24, 2.45) is 0 Å². The van der Waals surface area contributed by atoms with Gasteiger partial charge in [-0.1, -0.05) is 0 Å². The highest BCUT2D eigenvalue weighted by atomic mass is 127. The van der Waals surface area contributed by atoms with Crippen LogP contribution >= 0.6 is 22.6 Å². The summed E-state index contributed by atoms with van der Waals surface area (Å²) in [5.74, 6) is 3.89. The molecule has 0 saturated heterocycles. The highest BCUT2D eigenvalue weighted by molar-refractivity contribution is 14.1. The quantitative estimate of drug-likeness (QED) is 0.678. The smallest absolute Gasteiger partial charge is 0.171 e. The minimum absolute atomic E-state index is 0.118. The van der Waals surface area contributed by atoms with Gasteiger partial charge in [0, 0.05) is 11.6 Å². The Bertz CT molecular complexity index is 804. The Kier molecular flexibility index (Phi) is 3.86. The second kappa shape index (κ2) is 5.91. The van der Waals surface area contributed by atoms with Crippen molar-refractivity contribution < 1.29 is 23.7 Å². The van der Waals surface area contributed by atoms with E-state index >= 15 is 0 Å². The van der Waals surface area contributed by atoms with Gasteiger partial charge in [0.2, 0.25) is 0 Å². The molecule has 0 N–H and O–H groups in total. The Morgan fingerprint density at radius 3 is 2.50 bits per heavy atom. The fraction of sp³-hybridized carbons (Fsp3) is 0.333. The first-order chi connectivity index (χ1) is 11.7. The number of ether oxygens (including phenoxy) is 5. The highest BCUT2D eigenvalue weighted by Crippen LogP contribution is 2.56. The lowest BCUT2D eigenvalue weighted by atomic mass is 9.88. The summed E-state index contributed by atoms with van der Waals surface area (Å²) in [5, 5.41) is 0. The normalized spacial score (nSPS) is 20.2. The van der Waals surface area contributed by atoms with Crippen LogP contribution in [0.2, 0.25) is 0 Å². The van der Waals surface area contributed by atoms with Crippen molar-refractivity contribution in [3.63, 3.8) is 0 Å². The number of benzene rings is 2. The van der Waals surface area contributed by atoms with Crippen molar-refractivity contribution in [3.05, 3.63) is 39.0 Å². The molecule has 0 amide bonds. The molecule has 0 aromatic heterocycles. The van der Waals surface area contributed by atoms with Crippen molar-refractivity contribution in [3.8, 4) is 28.7 Å². The molecule has 2 aliphatic rings. The Labute approximate surface area is 153 Å². The van der Waals surface area contributed by atoms with Gasteiger partial charge in [-0.05, 0) is 40.8 Å². The molecule has 6 heteroatoms. The van der Waals surface area contributed by atoms with Crippen molar-refractivity contribution in [1.29, 1.82) is 0 Å². The van der Waals surface area contributed by atoms with E-state index in [1.165, 1.54) is 0 Å². The molecule has 5 nitrogen and oxygen atoms in total. The molecule has 0 fully saturated rings. The Balaban J connectivity index is 1.84. The van der Waals surface area contributed by atoms with Crippen molar-refractivity contribution >= 4 is 22.6 Å². The molecule has 0 bridgehead atoms. The van der Waals surface area contributed by atoms with Crippen LogP contribution in [0.1, 0.15) is 23.1 Å². The Morgan fingerprint density at radius 1 is 1.00 bits per heavy atom. The lowest BCUT2D eigenvalue weighted by Crippen LogP contribution is -2.24. The first kappa shape index (κ1) is 15.7. The van der Waals surface area contributed by atoms with Gasteiger partial charge < -0.3 is 23.7 Å². The van der Waals surface area contributed by atoms with E-state index < -0.39 is 0 Å². The third kappa shape index (κ3) is 2.19. The summed E-state index contributed by atoms with van der Waals surface area (Å²) in [6.45, 7) is 0.572. The van der Waals surface area contributed by atoms with E-state index in [2.05, 4.69) is 28.7 Å².